The Hall–Kier alpha value is -3.09. The van der Waals surface area contributed by atoms with Crippen LogP contribution < -0.4 is 14.4 Å². The molecular formula is C25H18ClIN2O6S. The van der Waals surface area contributed by atoms with E-state index < -0.39 is 16.1 Å². The van der Waals surface area contributed by atoms with E-state index in [1.54, 1.807) is 48.5 Å². The van der Waals surface area contributed by atoms with Crippen molar-refractivity contribution in [1.82, 2.24) is 0 Å². The summed E-state index contributed by atoms with van der Waals surface area (Å²) in [6.07, 6.45) is 1.64. The summed E-state index contributed by atoms with van der Waals surface area (Å²) in [5.41, 5.74) is 1.89. The molecular weight excluding hydrogens is 619 g/mol. The summed E-state index contributed by atoms with van der Waals surface area (Å²) in [5, 5.41) is 11.0. The summed E-state index contributed by atoms with van der Waals surface area (Å²) < 4.78 is 12.5. The van der Waals surface area contributed by atoms with E-state index in [-0.39, 0.29) is 17.2 Å². The summed E-state index contributed by atoms with van der Waals surface area (Å²) in [6, 6.07) is 16.2. The fourth-order valence-corrected chi connectivity index (χ4v) is 5.12. The summed E-state index contributed by atoms with van der Waals surface area (Å²) >= 11 is 8.89. The lowest BCUT2D eigenvalue weighted by molar-refractivity contribution is -0.384. The second-order valence-electron chi connectivity index (χ2n) is 7.47. The topological polar surface area (TPSA) is 99.0 Å². The molecule has 0 N–H and O–H groups in total. The SMILES string of the molecule is CCOc1cc(/C=C2/SC(=O)N(c3ccc(Cl)cc3)C2=O)cc(I)c1OCc1ccc([N+](=O)[O-])cc1. The predicted molar refractivity (Wildman–Crippen MR) is 148 cm³/mol. The summed E-state index contributed by atoms with van der Waals surface area (Å²) in [7, 11) is 0. The molecule has 0 aliphatic carbocycles. The van der Waals surface area contributed by atoms with E-state index in [1.165, 1.54) is 12.1 Å². The highest BCUT2D eigenvalue weighted by Crippen LogP contribution is 2.39. The summed E-state index contributed by atoms with van der Waals surface area (Å²) in [4.78, 5) is 37.3. The van der Waals surface area contributed by atoms with Gasteiger partial charge in [-0.2, -0.15) is 0 Å². The molecule has 184 valence electrons. The number of thioether (sulfide) groups is 1. The number of nitro benzene ring substituents is 1. The zero-order valence-electron chi connectivity index (χ0n) is 18.8. The minimum absolute atomic E-state index is 0.00756. The Morgan fingerprint density at radius 3 is 2.42 bits per heavy atom. The molecule has 11 heteroatoms. The molecule has 4 rings (SSSR count). The van der Waals surface area contributed by atoms with Crippen LogP contribution in [0, 0.1) is 13.7 Å². The van der Waals surface area contributed by atoms with Gasteiger partial charge >= 0.3 is 0 Å². The lowest BCUT2D eigenvalue weighted by Gasteiger charge is -2.15. The molecule has 3 aromatic rings. The Morgan fingerprint density at radius 1 is 1.08 bits per heavy atom. The van der Waals surface area contributed by atoms with Crippen LogP contribution in [0.15, 0.2) is 65.6 Å². The molecule has 0 saturated carbocycles. The van der Waals surface area contributed by atoms with Crippen LogP contribution in [0.1, 0.15) is 18.1 Å². The number of amides is 2. The third kappa shape index (κ3) is 5.82. The first-order valence-electron chi connectivity index (χ1n) is 10.6. The van der Waals surface area contributed by atoms with Crippen LogP contribution in [0.5, 0.6) is 11.5 Å². The maximum atomic E-state index is 13.0. The van der Waals surface area contributed by atoms with Crippen LogP contribution in [0.2, 0.25) is 5.02 Å². The van der Waals surface area contributed by atoms with Gasteiger partial charge in [0.1, 0.15) is 6.61 Å². The van der Waals surface area contributed by atoms with Crippen LogP contribution in [-0.2, 0) is 11.4 Å². The van der Waals surface area contributed by atoms with Crippen molar-refractivity contribution in [3.63, 3.8) is 0 Å². The summed E-state index contributed by atoms with van der Waals surface area (Å²) in [6.45, 7) is 2.42. The number of ether oxygens (including phenoxy) is 2. The van der Waals surface area contributed by atoms with Crippen molar-refractivity contribution < 1.29 is 24.0 Å². The number of carbonyl (C=O) groups is 2. The van der Waals surface area contributed by atoms with Gasteiger partial charge in [-0.15, -0.1) is 0 Å². The highest BCUT2D eigenvalue weighted by molar-refractivity contribution is 14.1. The van der Waals surface area contributed by atoms with Crippen molar-refractivity contribution in [2.75, 3.05) is 11.5 Å². The van der Waals surface area contributed by atoms with Crippen LogP contribution in [0.4, 0.5) is 16.2 Å². The van der Waals surface area contributed by atoms with Gasteiger partial charge in [0.05, 0.1) is 25.7 Å². The van der Waals surface area contributed by atoms with Gasteiger partial charge in [0.15, 0.2) is 11.5 Å². The molecule has 1 fully saturated rings. The number of rotatable bonds is 8. The normalized spacial score (nSPS) is 14.4. The molecule has 0 radical (unpaired) electrons. The van der Waals surface area contributed by atoms with E-state index in [4.69, 9.17) is 21.1 Å². The summed E-state index contributed by atoms with van der Waals surface area (Å²) in [5.74, 6) is 0.579. The third-order valence-corrected chi connectivity index (χ3v) is 6.96. The standard InChI is InChI=1S/C25H18ClIN2O6S/c1-2-34-21-12-16(11-20(27)23(21)35-14-15-3-7-19(8-4-15)29(32)33)13-22-24(30)28(25(31)36-22)18-9-5-17(26)6-10-18/h3-13H,2,14H2,1H3/b22-13+. The molecule has 1 saturated heterocycles. The fraction of sp³-hybridized carbons (Fsp3) is 0.120. The predicted octanol–water partition coefficient (Wildman–Crippen LogP) is 7.07. The van der Waals surface area contributed by atoms with Crippen LogP contribution >= 0.6 is 46.0 Å². The highest BCUT2D eigenvalue weighted by atomic mass is 127. The molecule has 36 heavy (non-hydrogen) atoms. The van der Waals surface area contributed by atoms with Crippen molar-refractivity contribution in [1.29, 1.82) is 0 Å². The molecule has 1 heterocycles. The van der Waals surface area contributed by atoms with Gasteiger partial charge < -0.3 is 9.47 Å². The maximum absolute atomic E-state index is 13.0. The van der Waals surface area contributed by atoms with E-state index in [9.17, 15) is 19.7 Å². The number of benzene rings is 3. The van der Waals surface area contributed by atoms with Crippen molar-refractivity contribution in [2.24, 2.45) is 0 Å². The Bertz CT molecular complexity index is 1360. The Labute approximate surface area is 229 Å². The molecule has 1 aliphatic heterocycles. The van der Waals surface area contributed by atoms with E-state index in [2.05, 4.69) is 22.6 Å². The lowest BCUT2D eigenvalue weighted by atomic mass is 10.1. The zero-order valence-corrected chi connectivity index (χ0v) is 22.5. The Kier molecular flexibility index (Phi) is 8.17. The first kappa shape index (κ1) is 26.0. The quantitative estimate of drug-likeness (QED) is 0.113. The third-order valence-electron chi connectivity index (χ3n) is 5.04. The minimum Gasteiger partial charge on any atom is -0.490 e. The molecule has 1 aliphatic rings. The van der Waals surface area contributed by atoms with E-state index in [0.717, 1.165) is 25.8 Å². The number of hydrogen-bond donors (Lipinski definition) is 0. The van der Waals surface area contributed by atoms with Crippen molar-refractivity contribution in [3.05, 3.63) is 95.4 Å². The van der Waals surface area contributed by atoms with Crippen molar-refractivity contribution >= 4 is 74.6 Å². The van der Waals surface area contributed by atoms with Gasteiger partial charge in [0, 0.05) is 17.2 Å². The minimum atomic E-state index is -0.455. The van der Waals surface area contributed by atoms with Crippen LogP contribution in [0.3, 0.4) is 0 Å². The number of imide groups is 1. The molecule has 0 spiro atoms. The monoisotopic (exact) mass is 636 g/mol. The largest absolute Gasteiger partial charge is 0.490 e. The molecule has 0 atom stereocenters. The van der Waals surface area contributed by atoms with Gasteiger partial charge in [-0.05, 0) is 107 Å². The van der Waals surface area contributed by atoms with E-state index in [0.29, 0.717) is 34.4 Å². The first-order valence-corrected chi connectivity index (χ1v) is 12.9. The van der Waals surface area contributed by atoms with Gasteiger partial charge in [-0.3, -0.25) is 19.7 Å². The molecule has 2 amide bonds. The van der Waals surface area contributed by atoms with E-state index in [1.807, 2.05) is 13.0 Å². The van der Waals surface area contributed by atoms with Gasteiger partial charge in [-0.25, -0.2) is 4.90 Å². The Balaban J connectivity index is 1.57. The maximum Gasteiger partial charge on any atom is 0.298 e. The first-order chi connectivity index (χ1) is 17.3. The number of hydrogen-bond acceptors (Lipinski definition) is 7. The molecule has 8 nitrogen and oxygen atoms in total. The van der Waals surface area contributed by atoms with Crippen molar-refractivity contribution in [2.45, 2.75) is 13.5 Å². The molecule has 0 unspecified atom stereocenters. The van der Waals surface area contributed by atoms with E-state index >= 15 is 0 Å². The number of nitro groups is 1. The number of halogens is 2. The van der Waals surface area contributed by atoms with Gasteiger partial charge in [0.2, 0.25) is 0 Å². The van der Waals surface area contributed by atoms with Crippen LogP contribution in [0.25, 0.3) is 6.08 Å². The second kappa shape index (κ2) is 11.3. The number of carbonyl (C=O) groups excluding carboxylic acids is 2. The number of anilines is 1. The number of non-ortho nitro benzene ring substituents is 1. The lowest BCUT2D eigenvalue weighted by Crippen LogP contribution is -2.27. The molecule has 3 aromatic carbocycles. The van der Waals surface area contributed by atoms with Crippen LogP contribution in [-0.4, -0.2) is 22.7 Å². The van der Waals surface area contributed by atoms with Crippen molar-refractivity contribution in [3.8, 4) is 11.5 Å². The fourth-order valence-electron chi connectivity index (χ4n) is 3.38. The molecule has 0 aromatic heterocycles. The average molecular weight is 637 g/mol. The second-order valence-corrected chi connectivity index (χ2v) is 10.1. The highest BCUT2D eigenvalue weighted by Gasteiger charge is 2.36. The number of nitrogens with zero attached hydrogens (tertiary/aromatic N) is 2. The Morgan fingerprint density at radius 2 is 1.78 bits per heavy atom. The molecule has 0 bridgehead atoms. The van der Waals surface area contributed by atoms with Gasteiger partial charge in [0.25, 0.3) is 16.8 Å². The zero-order chi connectivity index (χ0) is 25.8. The average Bonchev–Trinajstić information content (AvgIpc) is 3.12. The smallest absolute Gasteiger partial charge is 0.298 e. The van der Waals surface area contributed by atoms with Gasteiger partial charge in [-0.1, -0.05) is 11.6 Å².